The molecule has 1 aromatic carbocycles. The van der Waals surface area contributed by atoms with Gasteiger partial charge in [0.1, 0.15) is 6.04 Å². The van der Waals surface area contributed by atoms with Crippen LogP contribution >= 0.6 is 0 Å². The largest absolute Gasteiger partial charge is 0.355 e. The van der Waals surface area contributed by atoms with Crippen molar-refractivity contribution in [1.29, 1.82) is 0 Å². The van der Waals surface area contributed by atoms with Crippen molar-refractivity contribution in [3.05, 3.63) is 48.0 Å². The predicted molar refractivity (Wildman–Crippen MR) is 117 cm³/mol. The molecule has 7 heteroatoms. The van der Waals surface area contributed by atoms with Gasteiger partial charge in [-0.3, -0.25) is 24.1 Å². The Morgan fingerprint density at radius 2 is 1.71 bits per heavy atom. The van der Waals surface area contributed by atoms with Crippen LogP contribution in [0.4, 0.5) is 0 Å². The normalized spacial score (nSPS) is 21.0. The Balaban J connectivity index is 1.65. The Kier molecular flexibility index (Phi) is 7.60. The van der Waals surface area contributed by atoms with Crippen LogP contribution in [0, 0.1) is 11.8 Å². The highest BCUT2D eigenvalue weighted by Crippen LogP contribution is 2.35. The fourth-order valence-corrected chi connectivity index (χ4v) is 4.33. The van der Waals surface area contributed by atoms with Gasteiger partial charge in [0.05, 0.1) is 11.8 Å². The average Bonchev–Trinajstić information content (AvgIpc) is 3.03. The van der Waals surface area contributed by atoms with Gasteiger partial charge in [0.25, 0.3) is 0 Å². The Bertz CT molecular complexity index is 826. The summed E-state index contributed by atoms with van der Waals surface area (Å²) in [5, 5.41) is 2.77. The van der Waals surface area contributed by atoms with E-state index in [1.807, 2.05) is 49.4 Å². The second-order valence-corrected chi connectivity index (χ2v) is 8.13. The topological polar surface area (TPSA) is 86.8 Å². The first kappa shape index (κ1) is 22.7. The molecule has 0 radical (unpaired) electrons. The number of carbonyl (C=O) groups excluding carboxylic acids is 4. The van der Waals surface area contributed by atoms with E-state index in [0.29, 0.717) is 32.4 Å². The SMILES string of the molecule is CCNC(=O)[C@@H](C)N(CCc1ccccc1)C(=O)CCN1C(=O)[C@H]2CC=CC[C@H]2C1=O. The van der Waals surface area contributed by atoms with Gasteiger partial charge in [-0.05, 0) is 38.7 Å². The maximum atomic E-state index is 13.1. The Morgan fingerprint density at radius 1 is 1.10 bits per heavy atom. The van der Waals surface area contributed by atoms with Gasteiger partial charge in [0.15, 0.2) is 0 Å². The minimum Gasteiger partial charge on any atom is -0.355 e. The fourth-order valence-electron chi connectivity index (χ4n) is 4.33. The molecule has 1 N–H and O–H groups in total. The molecule has 1 aliphatic carbocycles. The van der Waals surface area contributed by atoms with E-state index in [0.717, 1.165) is 5.56 Å². The number of likely N-dealkylation sites (tertiary alicyclic amines) is 1. The molecule has 0 unspecified atom stereocenters. The van der Waals surface area contributed by atoms with Crippen LogP contribution in [0.5, 0.6) is 0 Å². The van der Waals surface area contributed by atoms with Crippen LogP contribution in [-0.2, 0) is 25.6 Å². The van der Waals surface area contributed by atoms with Crippen LogP contribution in [0.1, 0.15) is 38.7 Å². The molecule has 3 atom stereocenters. The molecule has 0 spiro atoms. The number of rotatable bonds is 9. The van der Waals surface area contributed by atoms with Crippen LogP contribution in [0.2, 0.25) is 0 Å². The van der Waals surface area contributed by atoms with Gasteiger partial charge in [-0.1, -0.05) is 42.5 Å². The summed E-state index contributed by atoms with van der Waals surface area (Å²) in [5.41, 5.74) is 1.07. The standard InChI is InChI=1S/C24H31N3O4/c1-3-25-22(29)17(2)26(15-13-18-9-5-4-6-10-18)21(28)14-16-27-23(30)19-11-7-8-12-20(19)24(27)31/h4-10,17,19-20H,3,11-16H2,1-2H3,(H,25,29)/t17-,19-,20+/m1/s1. The molecule has 4 amide bonds. The van der Waals surface area contributed by atoms with E-state index < -0.39 is 6.04 Å². The first-order chi connectivity index (χ1) is 14.9. The van der Waals surface area contributed by atoms with Crippen LogP contribution in [0.25, 0.3) is 0 Å². The minimum absolute atomic E-state index is 0.0167. The molecule has 7 nitrogen and oxygen atoms in total. The molecule has 166 valence electrons. The lowest BCUT2D eigenvalue weighted by atomic mass is 9.85. The number of fused-ring (bicyclic) bond motifs is 1. The molecule has 1 fully saturated rings. The van der Waals surface area contributed by atoms with E-state index >= 15 is 0 Å². The predicted octanol–water partition coefficient (Wildman–Crippen LogP) is 1.92. The van der Waals surface area contributed by atoms with Crippen molar-refractivity contribution in [1.82, 2.24) is 15.1 Å². The van der Waals surface area contributed by atoms with Gasteiger partial charge in [-0.25, -0.2) is 0 Å². The third kappa shape index (κ3) is 5.21. The van der Waals surface area contributed by atoms with Gasteiger partial charge >= 0.3 is 0 Å². The smallest absolute Gasteiger partial charge is 0.242 e. The van der Waals surface area contributed by atoms with Crippen LogP contribution in [0.15, 0.2) is 42.5 Å². The zero-order chi connectivity index (χ0) is 22.4. The second-order valence-electron chi connectivity index (χ2n) is 8.13. The number of hydrogen-bond acceptors (Lipinski definition) is 4. The third-order valence-corrected chi connectivity index (χ3v) is 6.15. The number of benzene rings is 1. The van der Waals surface area contributed by atoms with Crippen molar-refractivity contribution in [2.24, 2.45) is 11.8 Å². The van der Waals surface area contributed by atoms with Gasteiger partial charge in [-0.2, -0.15) is 0 Å². The van der Waals surface area contributed by atoms with E-state index in [1.54, 1.807) is 11.8 Å². The van der Waals surface area contributed by atoms with Crippen molar-refractivity contribution in [2.75, 3.05) is 19.6 Å². The first-order valence-corrected chi connectivity index (χ1v) is 11.0. The fraction of sp³-hybridized carbons (Fsp3) is 0.500. The number of amides is 4. The number of hydrogen-bond donors (Lipinski definition) is 1. The van der Waals surface area contributed by atoms with Crippen molar-refractivity contribution >= 4 is 23.6 Å². The van der Waals surface area contributed by atoms with E-state index in [2.05, 4.69) is 5.32 Å². The lowest BCUT2D eigenvalue weighted by molar-refractivity contribution is -0.143. The van der Waals surface area contributed by atoms with E-state index in [1.165, 1.54) is 4.90 Å². The summed E-state index contributed by atoms with van der Waals surface area (Å²) >= 11 is 0. The number of allylic oxidation sites excluding steroid dienone is 2. The first-order valence-electron chi connectivity index (χ1n) is 11.0. The van der Waals surface area contributed by atoms with Gasteiger partial charge in [0.2, 0.25) is 23.6 Å². The summed E-state index contributed by atoms with van der Waals surface area (Å²) in [6.45, 7) is 4.48. The zero-order valence-electron chi connectivity index (χ0n) is 18.3. The van der Waals surface area contributed by atoms with Gasteiger partial charge in [0, 0.05) is 26.1 Å². The Hall–Kier alpha value is -2.96. The highest BCUT2D eigenvalue weighted by atomic mass is 16.2. The lowest BCUT2D eigenvalue weighted by Gasteiger charge is -2.29. The van der Waals surface area contributed by atoms with Crippen molar-refractivity contribution < 1.29 is 19.2 Å². The quantitative estimate of drug-likeness (QED) is 0.484. The molecular formula is C24H31N3O4. The van der Waals surface area contributed by atoms with Gasteiger partial charge in [-0.15, -0.1) is 0 Å². The van der Waals surface area contributed by atoms with E-state index in [4.69, 9.17) is 0 Å². The molecule has 0 aromatic heterocycles. The van der Waals surface area contributed by atoms with Crippen molar-refractivity contribution in [2.45, 2.75) is 45.6 Å². The molecule has 1 aromatic rings. The highest BCUT2D eigenvalue weighted by Gasteiger charge is 2.47. The maximum absolute atomic E-state index is 13.1. The Labute approximate surface area is 183 Å². The molecule has 31 heavy (non-hydrogen) atoms. The number of likely N-dealkylation sites (N-methyl/N-ethyl adjacent to an activating group) is 1. The number of nitrogens with zero attached hydrogens (tertiary/aromatic N) is 2. The number of nitrogens with one attached hydrogen (secondary N) is 1. The monoisotopic (exact) mass is 425 g/mol. The lowest BCUT2D eigenvalue weighted by Crippen LogP contribution is -2.49. The number of imide groups is 1. The minimum atomic E-state index is -0.632. The molecule has 2 aliphatic rings. The summed E-state index contributed by atoms with van der Waals surface area (Å²) < 4.78 is 0. The molecule has 3 rings (SSSR count). The molecule has 0 bridgehead atoms. The zero-order valence-corrected chi connectivity index (χ0v) is 18.3. The summed E-state index contributed by atoms with van der Waals surface area (Å²) in [7, 11) is 0. The molecule has 0 saturated carbocycles. The molecule has 1 aliphatic heterocycles. The summed E-state index contributed by atoms with van der Waals surface area (Å²) in [4.78, 5) is 53.6. The number of carbonyl (C=O) groups is 4. The van der Waals surface area contributed by atoms with E-state index in [-0.39, 0.29) is 48.4 Å². The summed E-state index contributed by atoms with van der Waals surface area (Å²) in [6.07, 6.45) is 5.69. The van der Waals surface area contributed by atoms with Crippen molar-refractivity contribution in [3.63, 3.8) is 0 Å². The van der Waals surface area contributed by atoms with Crippen molar-refractivity contribution in [3.8, 4) is 0 Å². The highest BCUT2D eigenvalue weighted by molar-refractivity contribution is 6.05. The van der Waals surface area contributed by atoms with Crippen LogP contribution < -0.4 is 5.32 Å². The molecular weight excluding hydrogens is 394 g/mol. The maximum Gasteiger partial charge on any atom is 0.242 e. The van der Waals surface area contributed by atoms with Crippen LogP contribution in [-0.4, -0.2) is 59.1 Å². The Morgan fingerprint density at radius 3 is 2.29 bits per heavy atom. The average molecular weight is 426 g/mol. The van der Waals surface area contributed by atoms with Gasteiger partial charge < -0.3 is 10.2 Å². The summed E-state index contributed by atoms with van der Waals surface area (Å²) in [5.74, 6) is -1.40. The third-order valence-electron chi connectivity index (χ3n) is 6.15. The summed E-state index contributed by atoms with van der Waals surface area (Å²) in [6, 6.07) is 9.14. The molecule has 1 saturated heterocycles. The molecule has 1 heterocycles. The van der Waals surface area contributed by atoms with E-state index in [9.17, 15) is 19.2 Å². The van der Waals surface area contributed by atoms with Crippen LogP contribution in [0.3, 0.4) is 0 Å². The second kappa shape index (κ2) is 10.4.